The molecule has 0 unspecified atom stereocenters. The first-order valence-corrected chi connectivity index (χ1v) is 6.80. The fourth-order valence-corrected chi connectivity index (χ4v) is 2.79. The van der Waals surface area contributed by atoms with E-state index in [-0.39, 0.29) is 6.85 Å². The highest BCUT2D eigenvalue weighted by molar-refractivity contribution is 6.80. The summed E-state index contributed by atoms with van der Waals surface area (Å²) in [4.78, 5) is 2.22. The van der Waals surface area contributed by atoms with E-state index < -0.39 is 6.85 Å². The minimum absolute atomic E-state index is 0.0826. The van der Waals surface area contributed by atoms with E-state index in [0.717, 1.165) is 11.2 Å². The highest BCUT2D eigenvalue weighted by Crippen LogP contribution is 2.25. The van der Waals surface area contributed by atoms with E-state index in [1.54, 1.807) is 6.20 Å². The lowest BCUT2D eigenvalue weighted by molar-refractivity contribution is -0.654. The smallest absolute Gasteiger partial charge is 0.396 e. The first-order chi connectivity index (χ1) is 10.8. The molecule has 2 aromatic rings. The zero-order valence-corrected chi connectivity index (χ0v) is 12.1. The third-order valence-electron chi connectivity index (χ3n) is 4.01. The van der Waals surface area contributed by atoms with Crippen LogP contribution in [0.2, 0.25) is 0 Å². The molecule has 20 heavy (non-hydrogen) atoms. The van der Waals surface area contributed by atoms with Gasteiger partial charge >= 0.3 is 6.85 Å². The number of fused-ring (bicyclic) bond motifs is 1. The number of para-hydroxylation sites is 1. The second-order valence-electron chi connectivity index (χ2n) is 5.38. The molecule has 1 aromatic heterocycles. The highest BCUT2D eigenvalue weighted by atomic mass is 15.1. The van der Waals surface area contributed by atoms with Crippen molar-refractivity contribution in [3.8, 4) is 0 Å². The van der Waals surface area contributed by atoms with Crippen molar-refractivity contribution in [2.45, 2.75) is 13.8 Å². The topological polar surface area (TPSA) is 7.12 Å². The average molecular weight is 266 g/mol. The maximum absolute atomic E-state index is 7.66. The van der Waals surface area contributed by atoms with Crippen molar-refractivity contribution < 1.29 is 8.68 Å². The molecule has 0 radical (unpaired) electrons. The lowest BCUT2D eigenvalue weighted by atomic mass is 9.54. The van der Waals surface area contributed by atoms with Gasteiger partial charge in [-0.25, -0.2) is 4.57 Å². The average Bonchev–Trinajstić information content (AvgIpc) is 2.49. The summed E-state index contributed by atoms with van der Waals surface area (Å²) >= 11 is 0. The molecule has 0 saturated heterocycles. The summed E-state index contributed by atoms with van der Waals surface area (Å²) in [7, 11) is 3.98. The van der Waals surface area contributed by atoms with Crippen LogP contribution in [-0.4, -0.2) is 13.9 Å². The standard InChI is InChI=1S/C17H20BN2/c1-13-11-17(19(3)12-14(13)2)18-10-9-15-7-5-6-8-16(15)20(18)4/h5-12H,1-4H3/q+1/i2D3. The number of pyridine rings is 1. The third kappa shape index (κ3) is 2.03. The normalized spacial score (nSPS) is 16.4. The van der Waals surface area contributed by atoms with E-state index in [1.807, 2.05) is 36.7 Å². The van der Waals surface area contributed by atoms with Gasteiger partial charge in [0.05, 0.1) is 0 Å². The molecular weight excluding hydrogens is 243 g/mol. The number of hydrogen-bond donors (Lipinski definition) is 0. The van der Waals surface area contributed by atoms with Crippen molar-refractivity contribution in [3.63, 3.8) is 0 Å². The van der Waals surface area contributed by atoms with Crippen molar-refractivity contribution in [2.24, 2.45) is 7.05 Å². The monoisotopic (exact) mass is 266 g/mol. The van der Waals surface area contributed by atoms with E-state index in [2.05, 4.69) is 36.0 Å². The zero-order chi connectivity index (χ0) is 16.8. The Balaban J connectivity index is 2.06. The quantitative estimate of drug-likeness (QED) is 0.566. The Hall–Kier alpha value is -2.03. The fourth-order valence-electron chi connectivity index (χ4n) is 2.79. The van der Waals surface area contributed by atoms with Crippen LogP contribution >= 0.6 is 0 Å². The number of anilines is 1. The van der Waals surface area contributed by atoms with Gasteiger partial charge in [0.25, 0.3) is 0 Å². The predicted octanol–water partition coefficient (Wildman–Crippen LogP) is 2.03. The summed E-state index contributed by atoms with van der Waals surface area (Å²) in [5, 5.41) is 0. The molecule has 3 heteroatoms. The minimum atomic E-state index is -2.08. The van der Waals surface area contributed by atoms with Gasteiger partial charge in [-0.1, -0.05) is 30.3 Å². The number of aromatic nitrogens is 1. The van der Waals surface area contributed by atoms with Gasteiger partial charge in [0.1, 0.15) is 7.05 Å². The first-order valence-electron chi connectivity index (χ1n) is 8.30. The summed E-state index contributed by atoms with van der Waals surface area (Å²) in [5.74, 6) is 2.16. The Morgan fingerprint density at radius 2 is 2.05 bits per heavy atom. The predicted molar refractivity (Wildman–Crippen MR) is 86.4 cm³/mol. The minimum Gasteiger partial charge on any atom is -0.405 e. The van der Waals surface area contributed by atoms with E-state index in [9.17, 15) is 0 Å². The molecule has 3 rings (SSSR count). The van der Waals surface area contributed by atoms with Gasteiger partial charge in [0, 0.05) is 21.4 Å². The van der Waals surface area contributed by atoms with Crippen LogP contribution in [0.4, 0.5) is 5.69 Å². The molecule has 1 aliphatic heterocycles. The second kappa shape index (κ2) is 4.82. The molecule has 2 nitrogen and oxygen atoms in total. The van der Waals surface area contributed by atoms with Gasteiger partial charge in [-0.05, 0) is 38.0 Å². The molecule has 1 aromatic carbocycles. The number of hydrogen-bond acceptors (Lipinski definition) is 1. The third-order valence-corrected chi connectivity index (χ3v) is 4.01. The molecule has 0 aliphatic carbocycles. The summed E-state index contributed by atoms with van der Waals surface area (Å²) in [6.07, 6.45) is 3.87. The largest absolute Gasteiger partial charge is 0.405 e. The van der Waals surface area contributed by atoms with E-state index in [0.29, 0.717) is 5.56 Å². The Kier molecular flexibility index (Phi) is 2.37. The van der Waals surface area contributed by atoms with Gasteiger partial charge in [-0.2, -0.15) is 0 Å². The van der Waals surface area contributed by atoms with Crippen LogP contribution in [0.1, 0.15) is 20.8 Å². The summed E-state index contributed by atoms with van der Waals surface area (Å²) < 4.78 is 24.9. The number of rotatable bonds is 1. The SMILES string of the molecule is [2H]C([2H])([2H])c1c[n+](C)c(B2C=Cc3ccccc3N2C)cc1C. The van der Waals surface area contributed by atoms with Crippen LogP contribution in [0.5, 0.6) is 0 Å². The van der Waals surface area contributed by atoms with Crippen molar-refractivity contribution >= 4 is 24.2 Å². The van der Waals surface area contributed by atoms with E-state index in [1.165, 1.54) is 11.3 Å². The van der Waals surface area contributed by atoms with Gasteiger partial charge in [0.15, 0.2) is 11.8 Å². The molecule has 0 saturated carbocycles. The van der Waals surface area contributed by atoms with E-state index in [4.69, 9.17) is 4.11 Å². The van der Waals surface area contributed by atoms with E-state index >= 15 is 0 Å². The maximum atomic E-state index is 7.66. The van der Waals surface area contributed by atoms with Gasteiger partial charge < -0.3 is 4.81 Å². The molecule has 0 atom stereocenters. The number of nitrogens with zero attached hydrogens (tertiary/aromatic N) is 2. The van der Waals surface area contributed by atoms with Crippen molar-refractivity contribution in [1.29, 1.82) is 0 Å². The Bertz CT molecular complexity index is 784. The lowest BCUT2D eigenvalue weighted by Gasteiger charge is -2.28. The Morgan fingerprint density at radius 1 is 1.25 bits per heavy atom. The maximum Gasteiger partial charge on any atom is 0.396 e. The Labute approximate surface area is 125 Å². The van der Waals surface area contributed by atoms with Gasteiger partial charge in [-0.3, -0.25) is 0 Å². The number of benzene rings is 1. The molecule has 0 bridgehead atoms. The van der Waals surface area contributed by atoms with Crippen LogP contribution in [0.15, 0.2) is 42.5 Å². The molecular formula is C17H20BN2+. The summed E-state index contributed by atoms with van der Waals surface area (Å²) in [6.45, 7) is -0.133. The molecule has 0 fully saturated rings. The Morgan fingerprint density at radius 3 is 2.85 bits per heavy atom. The molecule has 0 amide bonds. The van der Waals surface area contributed by atoms with Crippen LogP contribution in [-0.2, 0) is 7.05 Å². The molecule has 2 heterocycles. The van der Waals surface area contributed by atoms with Crippen LogP contribution in [0, 0.1) is 13.8 Å². The van der Waals surface area contributed by atoms with Crippen molar-refractivity contribution in [1.82, 2.24) is 0 Å². The van der Waals surface area contributed by atoms with Crippen molar-refractivity contribution in [2.75, 3.05) is 11.9 Å². The highest BCUT2D eigenvalue weighted by Gasteiger charge is 2.32. The molecule has 1 aliphatic rings. The van der Waals surface area contributed by atoms with Gasteiger partial charge in [-0.15, -0.1) is 0 Å². The molecule has 0 N–H and O–H groups in total. The van der Waals surface area contributed by atoms with Crippen molar-refractivity contribution in [3.05, 3.63) is 59.2 Å². The lowest BCUT2D eigenvalue weighted by Crippen LogP contribution is -2.60. The second-order valence-corrected chi connectivity index (χ2v) is 5.38. The van der Waals surface area contributed by atoms with Gasteiger partial charge in [0.2, 0.25) is 0 Å². The first kappa shape index (κ1) is 9.81. The van der Waals surface area contributed by atoms with Crippen LogP contribution in [0.25, 0.3) is 6.08 Å². The van der Waals surface area contributed by atoms with Crippen LogP contribution in [0.3, 0.4) is 0 Å². The molecule has 0 spiro atoms. The summed E-state index contributed by atoms with van der Waals surface area (Å²) in [6, 6.07) is 10.3. The molecule has 100 valence electrons. The summed E-state index contributed by atoms with van der Waals surface area (Å²) in [5.41, 5.74) is 4.66. The zero-order valence-electron chi connectivity index (χ0n) is 15.1. The van der Waals surface area contributed by atoms with Crippen LogP contribution < -0.4 is 15.0 Å². The fraction of sp³-hybridized carbons (Fsp3) is 0.235. The number of aryl methyl sites for hydroxylation is 3.